The molecule has 0 saturated heterocycles. The van der Waals surface area contributed by atoms with Crippen molar-refractivity contribution in [1.82, 2.24) is 0 Å². The van der Waals surface area contributed by atoms with E-state index in [9.17, 15) is 4.39 Å². The Hall–Kier alpha value is -0.830. The summed E-state index contributed by atoms with van der Waals surface area (Å²) in [5, 5.41) is 0. The molecule has 0 fully saturated rings. The van der Waals surface area contributed by atoms with Crippen LogP contribution in [0.2, 0.25) is 0 Å². The average molecular weight is 143 g/mol. The number of furan rings is 1. The summed E-state index contributed by atoms with van der Waals surface area (Å²) >= 11 is 0. The van der Waals surface area contributed by atoms with Crippen LogP contribution in [0.1, 0.15) is 17.5 Å². The van der Waals surface area contributed by atoms with Gasteiger partial charge in [-0.3, -0.25) is 0 Å². The highest BCUT2D eigenvalue weighted by Crippen LogP contribution is 2.20. The van der Waals surface area contributed by atoms with Crippen LogP contribution >= 0.6 is 0 Å². The fourth-order valence-electron chi connectivity index (χ4n) is 0.847. The summed E-state index contributed by atoms with van der Waals surface area (Å²) in [4.78, 5) is 0. The van der Waals surface area contributed by atoms with Gasteiger partial charge in [-0.25, -0.2) is 4.39 Å². The molecule has 0 spiro atoms. The third-order valence-corrected chi connectivity index (χ3v) is 1.44. The highest BCUT2D eigenvalue weighted by atomic mass is 19.1. The zero-order valence-corrected chi connectivity index (χ0v) is 5.80. The monoisotopic (exact) mass is 143 g/mol. The molecule has 0 radical (unpaired) electrons. The van der Waals surface area contributed by atoms with Crippen molar-refractivity contribution in [3.8, 4) is 0 Å². The standard InChI is InChI=1S/C7H10FNO/c1-5-6(2-3-10-5)7(8)4-9/h2-3,7H,4,9H2,1H3. The maximum atomic E-state index is 12.8. The lowest BCUT2D eigenvalue weighted by Crippen LogP contribution is -2.07. The summed E-state index contributed by atoms with van der Waals surface area (Å²) in [5.41, 5.74) is 5.67. The van der Waals surface area contributed by atoms with Crippen molar-refractivity contribution in [1.29, 1.82) is 0 Å². The van der Waals surface area contributed by atoms with Gasteiger partial charge in [-0.05, 0) is 13.0 Å². The topological polar surface area (TPSA) is 39.2 Å². The number of rotatable bonds is 2. The van der Waals surface area contributed by atoms with Crippen molar-refractivity contribution in [2.45, 2.75) is 13.1 Å². The van der Waals surface area contributed by atoms with E-state index in [1.807, 2.05) is 0 Å². The van der Waals surface area contributed by atoms with Crippen LogP contribution in [0, 0.1) is 6.92 Å². The maximum absolute atomic E-state index is 12.8. The molecule has 0 amide bonds. The Morgan fingerprint density at radius 1 is 1.80 bits per heavy atom. The van der Waals surface area contributed by atoms with Crippen LogP contribution in [0.4, 0.5) is 4.39 Å². The number of aryl methyl sites for hydroxylation is 1. The van der Waals surface area contributed by atoms with Crippen LogP contribution in [0.25, 0.3) is 0 Å². The Balaban J connectivity index is 2.82. The zero-order chi connectivity index (χ0) is 7.56. The minimum atomic E-state index is -1.08. The van der Waals surface area contributed by atoms with Crippen molar-refractivity contribution in [2.24, 2.45) is 5.73 Å². The molecular formula is C7H10FNO. The lowest BCUT2D eigenvalue weighted by Gasteiger charge is -2.00. The summed E-state index contributed by atoms with van der Waals surface area (Å²) in [6.45, 7) is 1.73. The molecular weight excluding hydrogens is 133 g/mol. The second-order valence-electron chi connectivity index (χ2n) is 2.14. The van der Waals surface area contributed by atoms with Gasteiger partial charge < -0.3 is 10.2 Å². The van der Waals surface area contributed by atoms with Crippen LogP contribution in [0.15, 0.2) is 16.7 Å². The van der Waals surface area contributed by atoms with E-state index in [2.05, 4.69) is 0 Å². The van der Waals surface area contributed by atoms with Crippen molar-refractivity contribution in [3.63, 3.8) is 0 Å². The first-order valence-corrected chi connectivity index (χ1v) is 3.14. The number of alkyl halides is 1. The molecule has 0 bridgehead atoms. The van der Waals surface area contributed by atoms with E-state index in [0.717, 1.165) is 0 Å². The van der Waals surface area contributed by atoms with E-state index in [1.165, 1.54) is 6.26 Å². The lowest BCUT2D eigenvalue weighted by molar-refractivity contribution is 0.347. The molecule has 0 aliphatic carbocycles. The van der Waals surface area contributed by atoms with Crippen molar-refractivity contribution >= 4 is 0 Å². The maximum Gasteiger partial charge on any atom is 0.141 e. The van der Waals surface area contributed by atoms with E-state index in [1.54, 1.807) is 13.0 Å². The Kier molecular flexibility index (Phi) is 2.06. The molecule has 1 atom stereocenters. The SMILES string of the molecule is Cc1occc1C(F)CN. The summed E-state index contributed by atoms with van der Waals surface area (Å²) in [6.07, 6.45) is 0.381. The van der Waals surface area contributed by atoms with Gasteiger partial charge in [-0.2, -0.15) is 0 Å². The van der Waals surface area contributed by atoms with Crippen molar-refractivity contribution in [2.75, 3.05) is 6.54 Å². The molecule has 1 aromatic heterocycles. The molecule has 0 aliphatic heterocycles. The molecule has 1 heterocycles. The van der Waals surface area contributed by atoms with Crippen LogP contribution in [-0.4, -0.2) is 6.54 Å². The molecule has 0 aromatic carbocycles. The van der Waals surface area contributed by atoms with Crippen LogP contribution in [-0.2, 0) is 0 Å². The number of nitrogens with two attached hydrogens (primary N) is 1. The molecule has 1 aromatic rings. The number of hydrogen-bond acceptors (Lipinski definition) is 2. The Labute approximate surface area is 58.8 Å². The van der Waals surface area contributed by atoms with Gasteiger partial charge in [0.2, 0.25) is 0 Å². The Bertz CT molecular complexity index is 209. The van der Waals surface area contributed by atoms with E-state index >= 15 is 0 Å². The highest BCUT2D eigenvalue weighted by Gasteiger charge is 2.11. The molecule has 1 rings (SSSR count). The first kappa shape index (κ1) is 7.28. The van der Waals surface area contributed by atoms with Crippen LogP contribution in [0.3, 0.4) is 0 Å². The second-order valence-corrected chi connectivity index (χ2v) is 2.14. The summed E-state index contributed by atoms with van der Waals surface area (Å²) < 4.78 is 17.7. The lowest BCUT2D eigenvalue weighted by atomic mass is 10.2. The second kappa shape index (κ2) is 2.84. The van der Waals surface area contributed by atoms with E-state index in [-0.39, 0.29) is 6.54 Å². The van der Waals surface area contributed by atoms with E-state index in [0.29, 0.717) is 11.3 Å². The Morgan fingerprint density at radius 2 is 2.50 bits per heavy atom. The fraction of sp³-hybridized carbons (Fsp3) is 0.429. The zero-order valence-electron chi connectivity index (χ0n) is 5.80. The minimum Gasteiger partial charge on any atom is -0.469 e. The van der Waals surface area contributed by atoms with Crippen LogP contribution < -0.4 is 5.73 Å². The van der Waals surface area contributed by atoms with Crippen molar-refractivity contribution in [3.05, 3.63) is 23.7 Å². The molecule has 3 heteroatoms. The molecule has 56 valence electrons. The highest BCUT2D eigenvalue weighted by molar-refractivity contribution is 5.18. The van der Waals surface area contributed by atoms with Gasteiger partial charge in [0.15, 0.2) is 0 Å². The fourth-order valence-corrected chi connectivity index (χ4v) is 0.847. The summed E-state index contributed by atoms with van der Waals surface area (Å²) in [6, 6.07) is 1.60. The third kappa shape index (κ3) is 1.19. The van der Waals surface area contributed by atoms with E-state index in [4.69, 9.17) is 10.2 Å². The molecule has 2 N–H and O–H groups in total. The van der Waals surface area contributed by atoms with E-state index < -0.39 is 6.17 Å². The van der Waals surface area contributed by atoms with Gasteiger partial charge >= 0.3 is 0 Å². The molecule has 1 unspecified atom stereocenters. The Morgan fingerprint density at radius 3 is 2.90 bits per heavy atom. The predicted octanol–water partition coefficient (Wildman–Crippen LogP) is 1.56. The van der Waals surface area contributed by atoms with Gasteiger partial charge in [0.05, 0.1) is 6.26 Å². The quantitative estimate of drug-likeness (QED) is 0.682. The molecule has 2 nitrogen and oxygen atoms in total. The number of hydrogen-bond donors (Lipinski definition) is 1. The van der Waals surface area contributed by atoms with Crippen LogP contribution in [0.5, 0.6) is 0 Å². The third-order valence-electron chi connectivity index (χ3n) is 1.44. The molecule has 0 saturated carbocycles. The number of halogens is 1. The summed E-state index contributed by atoms with van der Waals surface area (Å²) in [7, 11) is 0. The first-order valence-electron chi connectivity index (χ1n) is 3.14. The van der Waals surface area contributed by atoms with Crippen molar-refractivity contribution < 1.29 is 8.81 Å². The normalized spacial score (nSPS) is 13.5. The smallest absolute Gasteiger partial charge is 0.141 e. The average Bonchev–Trinajstić information content (AvgIpc) is 2.34. The van der Waals surface area contributed by atoms with Gasteiger partial charge in [-0.1, -0.05) is 0 Å². The summed E-state index contributed by atoms with van der Waals surface area (Å²) in [5.74, 6) is 0.609. The minimum absolute atomic E-state index is 0.0143. The molecule has 0 aliphatic rings. The van der Waals surface area contributed by atoms with Gasteiger partial charge in [0.1, 0.15) is 11.9 Å². The molecule has 10 heavy (non-hydrogen) atoms. The van der Waals surface area contributed by atoms with Gasteiger partial charge in [0.25, 0.3) is 0 Å². The first-order chi connectivity index (χ1) is 4.75. The van der Waals surface area contributed by atoms with Gasteiger partial charge in [0, 0.05) is 12.1 Å². The largest absolute Gasteiger partial charge is 0.469 e. The predicted molar refractivity (Wildman–Crippen MR) is 36.3 cm³/mol. The van der Waals surface area contributed by atoms with Gasteiger partial charge in [-0.15, -0.1) is 0 Å².